The molecule has 3 rings (SSSR count). The summed E-state index contributed by atoms with van der Waals surface area (Å²) in [5, 5.41) is 10.7. The van der Waals surface area contributed by atoms with Gasteiger partial charge in [-0.15, -0.1) is 11.8 Å². The van der Waals surface area contributed by atoms with Crippen LogP contribution in [0, 0.1) is 10.1 Å². The zero-order valence-electron chi connectivity index (χ0n) is 14.8. The van der Waals surface area contributed by atoms with Crippen molar-refractivity contribution in [1.29, 1.82) is 0 Å². The first-order valence-corrected chi connectivity index (χ1v) is 10.3. The van der Waals surface area contributed by atoms with Gasteiger partial charge < -0.3 is 9.64 Å². The van der Waals surface area contributed by atoms with Crippen molar-refractivity contribution in [3.05, 3.63) is 62.6 Å². The van der Waals surface area contributed by atoms with E-state index >= 15 is 0 Å². The molecule has 0 radical (unpaired) electrons. The summed E-state index contributed by atoms with van der Waals surface area (Å²) in [5.74, 6) is 1.14. The van der Waals surface area contributed by atoms with Crippen LogP contribution in [0.4, 0.5) is 5.69 Å². The minimum atomic E-state index is -0.431. The zero-order chi connectivity index (χ0) is 19.4. The van der Waals surface area contributed by atoms with Crippen molar-refractivity contribution in [2.45, 2.75) is 23.8 Å². The zero-order valence-corrected chi connectivity index (χ0v) is 17.2. The third-order valence-corrected chi connectivity index (χ3v) is 6.02. The normalized spacial score (nSPS) is 16.4. The largest absolute Gasteiger partial charge is 0.496 e. The Kier molecular flexibility index (Phi) is 6.38. The highest BCUT2D eigenvalue weighted by atomic mass is 79.9. The lowest BCUT2D eigenvalue weighted by Gasteiger charge is -2.26. The van der Waals surface area contributed by atoms with Crippen LogP contribution in [0.5, 0.6) is 5.75 Å². The lowest BCUT2D eigenvalue weighted by atomic mass is 10.0. The molecular formula is C19H19BrN2O4S. The van der Waals surface area contributed by atoms with Crippen LogP contribution >= 0.6 is 27.7 Å². The number of carbonyl (C=O) groups excluding carboxylic acids is 1. The predicted octanol–water partition coefficient (Wildman–Crippen LogP) is 4.82. The number of nitro groups is 1. The van der Waals surface area contributed by atoms with E-state index in [0.717, 1.165) is 40.1 Å². The van der Waals surface area contributed by atoms with Gasteiger partial charge in [0.2, 0.25) is 5.91 Å². The van der Waals surface area contributed by atoms with E-state index in [-0.39, 0.29) is 17.6 Å². The third-order valence-electron chi connectivity index (χ3n) is 4.53. The van der Waals surface area contributed by atoms with Gasteiger partial charge in [-0.25, -0.2) is 0 Å². The van der Waals surface area contributed by atoms with Gasteiger partial charge in [0.25, 0.3) is 5.69 Å². The van der Waals surface area contributed by atoms with Gasteiger partial charge in [-0.05, 0) is 43.2 Å². The summed E-state index contributed by atoms with van der Waals surface area (Å²) in [6.45, 7) is 0.722. The Morgan fingerprint density at radius 1 is 1.33 bits per heavy atom. The second-order valence-corrected chi connectivity index (χ2v) is 8.14. The Morgan fingerprint density at radius 2 is 2.07 bits per heavy atom. The molecule has 0 aliphatic carbocycles. The number of hydrogen-bond acceptors (Lipinski definition) is 5. The smallest absolute Gasteiger partial charge is 0.269 e. The molecule has 1 aliphatic heterocycles. The maximum absolute atomic E-state index is 12.8. The fourth-order valence-electron chi connectivity index (χ4n) is 3.25. The standard InChI is InChI=1S/C19H19BrN2O4S/c1-26-18-9-4-13(20)11-16(18)17-3-2-10-21(17)19(23)12-27-15-7-5-14(6-8-15)22(24)25/h4-9,11,17H,2-3,10,12H2,1H3/t17-/m0/s1. The fourth-order valence-corrected chi connectivity index (χ4v) is 4.41. The van der Waals surface area contributed by atoms with E-state index in [1.165, 1.54) is 23.9 Å². The molecule has 1 amide bonds. The first kappa shape index (κ1) is 19.7. The summed E-state index contributed by atoms with van der Waals surface area (Å²) < 4.78 is 6.44. The van der Waals surface area contributed by atoms with Crippen LogP contribution in [0.1, 0.15) is 24.4 Å². The molecule has 1 saturated heterocycles. The van der Waals surface area contributed by atoms with E-state index in [9.17, 15) is 14.9 Å². The first-order valence-electron chi connectivity index (χ1n) is 8.49. The first-order chi connectivity index (χ1) is 13.0. The van der Waals surface area contributed by atoms with Crippen LogP contribution in [0.25, 0.3) is 0 Å². The lowest BCUT2D eigenvalue weighted by Crippen LogP contribution is -2.32. The van der Waals surface area contributed by atoms with E-state index in [4.69, 9.17) is 4.74 Å². The molecule has 0 saturated carbocycles. The molecule has 8 heteroatoms. The molecule has 2 aromatic carbocycles. The number of rotatable bonds is 6. The number of amides is 1. The maximum Gasteiger partial charge on any atom is 0.269 e. The van der Waals surface area contributed by atoms with Gasteiger partial charge in [0, 0.05) is 33.6 Å². The minimum absolute atomic E-state index is 0.00223. The minimum Gasteiger partial charge on any atom is -0.496 e. The van der Waals surface area contributed by atoms with Crippen molar-refractivity contribution in [2.75, 3.05) is 19.4 Å². The van der Waals surface area contributed by atoms with E-state index in [0.29, 0.717) is 5.75 Å². The molecule has 0 bridgehead atoms. The van der Waals surface area contributed by atoms with Crippen molar-refractivity contribution in [3.63, 3.8) is 0 Å². The predicted molar refractivity (Wildman–Crippen MR) is 108 cm³/mol. The Morgan fingerprint density at radius 3 is 2.74 bits per heavy atom. The van der Waals surface area contributed by atoms with Crippen LogP contribution in [0.3, 0.4) is 0 Å². The van der Waals surface area contributed by atoms with Gasteiger partial charge in [-0.1, -0.05) is 15.9 Å². The summed E-state index contributed by atoms with van der Waals surface area (Å²) in [4.78, 5) is 25.8. The summed E-state index contributed by atoms with van der Waals surface area (Å²) in [7, 11) is 1.64. The van der Waals surface area contributed by atoms with Gasteiger partial charge in [0.1, 0.15) is 5.75 Å². The second-order valence-electron chi connectivity index (χ2n) is 6.17. The Balaban J connectivity index is 1.69. The SMILES string of the molecule is COc1ccc(Br)cc1[C@@H]1CCCN1C(=O)CSc1ccc([N+](=O)[O-])cc1. The maximum atomic E-state index is 12.8. The summed E-state index contributed by atoms with van der Waals surface area (Å²) in [5.41, 5.74) is 1.06. The number of nitro benzene ring substituents is 1. The van der Waals surface area contributed by atoms with Crippen molar-refractivity contribution in [3.8, 4) is 5.75 Å². The molecule has 1 heterocycles. The average molecular weight is 451 g/mol. The molecule has 1 atom stereocenters. The van der Waals surface area contributed by atoms with Crippen LogP contribution in [0.15, 0.2) is 51.8 Å². The Bertz CT molecular complexity index is 844. The number of ether oxygens (including phenoxy) is 1. The fraction of sp³-hybridized carbons (Fsp3) is 0.316. The van der Waals surface area contributed by atoms with Crippen LogP contribution < -0.4 is 4.74 Å². The van der Waals surface area contributed by atoms with Crippen molar-refractivity contribution >= 4 is 39.3 Å². The molecule has 0 aromatic heterocycles. The number of halogens is 1. The molecule has 6 nitrogen and oxygen atoms in total. The molecule has 0 unspecified atom stereocenters. The van der Waals surface area contributed by atoms with Gasteiger partial charge in [-0.3, -0.25) is 14.9 Å². The third kappa shape index (κ3) is 4.62. The number of carbonyl (C=O) groups is 1. The number of methoxy groups -OCH3 is 1. The molecule has 2 aromatic rings. The van der Waals surface area contributed by atoms with Gasteiger partial charge in [0.15, 0.2) is 0 Å². The molecule has 142 valence electrons. The average Bonchev–Trinajstić information content (AvgIpc) is 3.16. The molecular weight excluding hydrogens is 432 g/mol. The van der Waals surface area contributed by atoms with Crippen molar-refractivity contribution in [1.82, 2.24) is 4.90 Å². The highest BCUT2D eigenvalue weighted by Gasteiger charge is 2.31. The van der Waals surface area contributed by atoms with Crippen molar-refractivity contribution in [2.24, 2.45) is 0 Å². The van der Waals surface area contributed by atoms with Crippen LogP contribution in [-0.4, -0.2) is 35.1 Å². The molecule has 1 aliphatic rings. The second kappa shape index (κ2) is 8.75. The molecule has 0 N–H and O–H groups in total. The van der Waals surface area contributed by atoms with E-state index in [1.54, 1.807) is 19.2 Å². The monoisotopic (exact) mass is 450 g/mol. The quantitative estimate of drug-likeness (QED) is 0.358. The van der Waals surface area contributed by atoms with E-state index < -0.39 is 4.92 Å². The Labute approximate surface area is 170 Å². The van der Waals surface area contributed by atoms with Gasteiger partial charge in [-0.2, -0.15) is 0 Å². The number of benzene rings is 2. The number of thioether (sulfide) groups is 1. The van der Waals surface area contributed by atoms with E-state index in [2.05, 4.69) is 15.9 Å². The molecule has 0 spiro atoms. The molecule has 27 heavy (non-hydrogen) atoms. The number of likely N-dealkylation sites (tertiary alicyclic amines) is 1. The number of non-ortho nitro benzene ring substituents is 1. The van der Waals surface area contributed by atoms with E-state index in [1.807, 2.05) is 23.1 Å². The summed E-state index contributed by atoms with van der Waals surface area (Å²) >= 11 is 4.89. The Hall–Kier alpha value is -2.06. The number of hydrogen-bond donors (Lipinski definition) is 0. The van der Waals surface area contributed by atoms with Crippen molar-refractivity contribution < 1.29 is 14.5 Å². The lowest BCUT2D eigenvalue weighted by molar-refractivity contribution is -0.384. The van der Waals surface area contributed by atoms with Gasteiger partial charge >= 0.3 is 0 Å². The van der Waals surface area contributed by atoms with Crippen LogP contribution in [-0.2, 0) is 4.79 Å². The summed E-state index contributed by atoms with van der Waals surface area (Å²) in [6, 6.07) is 12.1. The highest BCUT2D eigenvalue weighted by Crippen LogP contribution is 2.39. The molecule has 1 fully saturated rings. The number of nitrogens with zero attached hydrogens (tertiary/aromatic N) is 2. The highest BCUT2D eigenvalue weighted by molar-refractivity contribution is 9.10. The summed E-state index contributed by atoms with van der Waals surface area (Å²) in [6.07, 6.45) is 1.86. The van der Waals surface area contributed by atoms with Gasteiger partial charge in [0.05, 0.1) is 23.8 Å². The van der Waals surface area contributed by atoms with Crippen LogP contribution in [0.2, 0.25) is 0 Å². The topological polar surface area (TPSA) is 72.7 Å².